The van der Waals surface area contributed by atoms with Crippen LogP contribution in [0.5, 0.6) is 0 Å². The Morgan fingerprint density at radius 2 is 2.43 bits per heavy atom. The minimum atomic E-state index is 0.149. The second-order valence-electron chi connectivity index (χ2n) is 4.10. The highest BCUT2D eigenvalue weighted by atomic mass is 16.2. The number of hydrogen-bond acceptors (Lipinski definition) is 2. The number of nitrogens with two attached hydrogens (primary N) is 1. The fourth-order valence-corrected chi connectivity index (χ4v) is 1.71. The third-order valence-electron chi connectivity index (χ3n) is 2.93. The molecular weight excluding hydrogens is 176 g/mol. The molecule has 1 saturated heterocycles. The number of carbonyl (C=O) groups excluding carboxylic acids is 1. The van der Waals surface area contributed by atoms with Gasteiger partial charge in [0.05, 0.1) is 0 Å². The van der Waals surface area contributed by atoms with Crippen molar-refractivity contribution in [1.29, 1.82) is 0 Å². The highest BCUT2D eigenvalue weighted by Gasteiger charge is 2.25. The molecule has 1 amide bonds. The second kappa shape index (κ2) is 5.15. The van der Waals surface area contributed by atoms with E-state index in [4.69, 9.17) is 5.73 Å². The van der Waals surface area contributed by atoms with Gasteiger partial charge >= 0.3 is 0 Å². The number of likely N-dealkylation sites (tertiary alicyclic amines) is 1. The molecule has 1 aliphatic rings. The van der Waals surface area contributed by atoms with Crippen LogP contribution in [0.4, 0.5) is 0 Å². The highest BCUT2D eigenvalue weighted by molar-refractivity contribution is 5.76. The summed E-state index contributed by atoms with van der Waals surface area (Å²) in [5.41, 5.74) is 5.92. The average Bonchev–Trinajstić information content (AvgIpc) is 2.18. The summed E-state index contributed by atoms with van der Waals surface area (Å²) in [6.45, 7) is 7.34. The number of hydrogen-bond donors (Lipinski definition) is 1. The molecule has 2 unspecified atom stereocenters. The van der Waals surface area contributed by atoms with Crippen LogP contribution in [0.1, 0.15) is 26.2 Å². The van der Waals surface area contributed by atoms with Crippen LogP contribution in [0.15, 0.2) is 12.7 Å². The van der Waals surface area contributed by atoms with E-state index in [0.717, 1.165) is 25.9 Å². The first-order chi connectivity index (χ1) is 6.65. The number of piperidine rings is 1. The third-order valence-corrected chi connectivity index (χ3v) is 2.93. The summed E-state index contributed by atoms with van der Waals surface area (Å²) in [6, 6.07) is 0.149. The Labute approximate surface area is 86.0 Å². The van der Waals surface area contributed by atoms with E-state index in [1.54, 1.807) is 6.08 Å². The molecule has 1 rings (SSSR count). The van der Waals surface area contributed by atoms with Crippen molar-refractivity contribution in [2.45, 2.75) is 32.2 Å². The minimum Gasteiger partial charge on any atom is -0.341 e. The SMILES string of the molecule is C=CCCC(=O)N1CCC(C)C(N)C1. The van der Waals surface area contributed by atoms with Gasteiger partial charge < -0.3 is 10.6 Å². The smallest absolute Gasteiger partial charge is 0.222 e. The number of carbonyl (C=O) groups is 1. The van der Waals surface area contributed by atoms with Gasteiger partial charge in [0.1, 0.15) is 0 Å². The quantitative estimate of drug-likeness (QED) is 0.688. The molecule has 0 bridgehead atoms. The lowest BCUT2D eigenvalue weighted by Gasteiger charge is -2.35. The van der Waals surface area contributed by atoms with Gasteiger partial charge in [0.25, 0.3) is 0 Å². The predicted octanol–water partition coefficient (Wildman–Crippen LogP) is 1.15. The first-order valence-corrected chi connectivity index (χ1v) is 5.29. The molecule has 1 fully saturated rings. The van der Waals surface area contributed by atoms with Crippen molar-refractivity contribution in [3.8, 4) is 0 Å². The number of amides is 1. The fraction of sp³-hybridized carbons (Fsp3) is 0.727. The molecule has 1 heterocycles. The Bertz CT molecular complexity index is 215. The van der Waals surface area contributed by atoms with Gasteiger partial charge in [-0.25, -0.2) is 0 Å². The predicted molar refractivity (Wildman–Crippen MR) is 57.8 cm³/mol. The molecular formula is C11H20N2O. The van der Waals surface area contributed by atoms with Gasteiger partial charge in [-0.1, -0.05) is 13.0 Å². The molecule has 3 nitrogen and oxygen atoms in total. The van der Waals surface area contributed by atoms with Gasteiger partial charge in [0.15, 0.2) is 0 Å². The summed E-state index contributed by atoms with van der Waals surface area (Å²) in [5.74, 6) is 0.755. The largest absolute Gasteiger partial charge is 0.341 e. The van der Waals surface area contributed by atoms with Gasteiger partial charge in [0.2, 0.25) is 5.91 Å². The molecule has 2 atom stereocenters. The van der Waals surface area contributed by atoms with Crippen LogP contribution in [0.2, 0.25) is 0 Å². The Kier molecular flexibility index (Phi) is 4.14. The van der Waals surface area contributed by atoms with E-state index in [2.05, 4.69) is 13.5 Å². The van der Waals surface area contributed by atoms with E-state index in [-0.39, 0.29) is 11.9 Å². The van der Waals surface area contributed by atoms with Crippen molar-refractivity contribution in [1.82, 2.24) is 4.90 Å². The van der Waals surface area contributed by atoms with Crippen LogP contribution in [0.3, 0.4) is 0 Å². The number of nitrogens with zero attached hydrogens (tertiary/aromatic N) is 1. The van der Waals surface area contributed by atoms with Crippen LogP contribution in [-0.4, -0.2) is 29.9 Å². The summed E-state index contributed by atoms with van der Waals surface area (Å²) in [6.07, 6.45) is 4.15. The topological polar surface area (TPSA) is 46.3 Å². The van der Waals surface area contributed by atoms with Gasteiger partial charge in [-0.3, -0.25) is 4.79 Å². The first-order valence-electron chi connectivity index (χ1n) is 5.29. The molecule has 3 heteroatoms. The van der Waals surface area contributed by atoms with Gasteiger partial charge in [-0.15, -0.1) is 6.58 Å². The van der Waals surface area contributed by atoms with Crippen LogP contribution < -0.4 is 5.73 Å². The highest BCUT2D eigenvalue weighted by Crippen LogP contribution is 2.16. The molecule has 0 saturated carbocycles. The van der Waals surface area contributed by atoms with E-state index in [1.807, 2.05) is 4.90 Å². The summed E-state index contributed by atoms with van der Waals surface area (Å²) < 4.78 is 0. The van der Waals surface area contributed by atoms with Gasteiger partial charge in [0, 0.05) is 25.6 Å². The van der Waals surface area contributed by atoms with Crippen LogP contribution in [-0.2, 0) is 4.79 Å². The Hall–Kier alpha value is -0.830. The molecule has 14 heavy (non-hydrogen) atoms. The van der Waals surface area contributed by atoms with E-state index in [0.29, 0.717) is 12.3 Å². The molecule has 0 radical (unpaired) electrons. The van der Waals surface area contributed by atoms with Gasteiger partial charge in [-0.05, 0) is 18.8 Å². The number of allylic oxidation sites excluding steroid dienone is 1. The van der Waals surface area contributed by atoms with Crippen molar-refractivity contribution in [3.63, 3.8) is 0 Å². The standard InChI is InChI=1S/C11H20N2O/c1-3-4-5-11(14)13-7-6-9(2)10(12)8-13/h3,9-10H,1,4-8,12H2,2H3. The van der Waals surface area contributed by atoms with E-state index >= 15 is 0 Å². The summed E-state index contributed by atoms with van der Waals surface area (Å²) in [7, 11) is 0. The van der Waals surface area contributed by atoms with Crippen molar-refractivity contribution in [3.05, 3.63) is 12.7 Å². The maximum Gasteiger partial charge on any atom is 0.222 e. The molecule has 2 N–H and O–H groups in total. The lowest BCUT2D eigenvalue weighted by molar-refractivity contribution is -0.132. The Morgan fingerprint density at radius 1 is 1.71 bits per heavy atom. The summed E-state index contributed by atoms with van der Waals surface area (Å²) in [4.78, 5) is 13.5. The monoisotopic (exact) mass is 196 g/mol. The van der Waals surface area contributed by atoms with Crippen molar-refractivity contribution in [2.75, 3.05) is 13.1 Å². The minimum absolute atomic E-state index is 0.149. The van der Waals surface area contributed by atoms with E-state index < -0.39 is 0 Å². The third kappa shape index (κ3) is 2.84. The molecule has 0 aliphatic carbocycles. The molecule has 0 aromatic heterocycles. The van der Waals surface area contributed by atoms with Crippen LogP contribution in [0.25, 0.3) is 0 Å². The normalized spacial score (nSPS) is 27.4. The molecule has 1 aliphatic heterocycles. The summed E-state index contributed by atoms with van der Waals surface area (Å²) >= 11 is 0. The van der Waals surface area contributed by atoms with Crippen molar-refractivity contribution in [2.24, 2.45) is 11.7 Å². The van der Waals surface area contributed by atoms with Crippen molar-refractivity contribution >= 4 is 5.91 Å². The van der Waals surface area contributed by atoms with Crippen LogP contribution >= 0.6 is 0 Å². The maximum absolute atomic E-state index is 11.6. The molecule has 80 valence electrons. The average molecular weight is 196 g/mol. The number of rotatable bonds is 3. The van der Waals surface area contributed by atoms with Crippen LogP contribution in [0, 0.1) is 5.92 Å². The zero-order chi connectivity index (χ0) is 10.6. The molecule has 0 aromatic carbocycles. The lowest BCUT2D eigenvalue weighted by Crippen LogP contribution is -2.49. The lowest BCUT2D eigenvalue weighted by atomic mass is 9.94. The zero-order valence-electron chi connectivity index (χ0n) is 8.91. The van der Waals surface area contributed by atoms with Gasteiger partial charge in [-0.2, -0.15) is 0 Å². The first kappa shape index (κ1) is 11.2. The Balaban J connectivity index is 2.38. The second-order valence-corrected chi connectivity index (χ2v) is 4.10. The Morgan fingerprint density at radius 3 is 3.00 bits per heavy atom. The summed E-state index contributed by atoms with van der Waals surface area (Å²) in [5, 5.41) is 0. The van der Waals surface area contributed by atoms with E-state index in [9.17, 15) is 4.79 Å². The molecule has 0 aromatic rings. The maximum atomic E-state index is 11.6. The zero-order valence-corrected chi connectivity index (χ0v) is 8.91. The van der Waals surface area contributed by atoms with E-state index in [1.165, 1.54) is 0 Å². The van der Waals surface area contributed by atoms with Crippen molar-refractivity contribution < 1.29 is 4.79 Å². The fourth-order valence-electron chi connectivity index (χ4n) is 1.71. The molecule has 0 spiro atoms.